The minimum Gasteiger partial charge on any atom is -0.493 e. The lowest BCUT2D eigenvalue weighted by atomic mass is 10.0. The number of ether oxygens (including phenoxy) is 1. The van der Waals surface area contributed by atoms with Crippen LogP contribution in [0.25, 0.3) is 0 Å². The van der Waals surface area contributed by atoms with Gasteiger partial charge in [0.25, 0.3) is 5.91 Å². The molecule has 0 bridgehead atoms. The van der Waals surface area contributed by atoms with Gasteiger partial charge in [0.15, 0.2) is 0 Å². The number of amides is 2. The highest BCUT2D eigenvalue weighted by Gasteiger charge is 2.25. The van der Waals surface area contributed by atoms with E-state index in [0.717, 1.165) is 0 Å². The molecule has 0 saturated carbocycles. The van der Waals surface area contributed by atoms with Gasteiger partial charge in [-0.25, -0.2) is 4.39 Å². The summed E-state index contributed by atoms with van der Waals surface area (Å²) in [6.45, 7) is 6.28. The molecular formula is C22H27FN2O3. The van der Waals surface area contributed by atoms with Gasteiger partial charge in [-0.3, -0.25) is 9.59 Å². The number of carbonyl (C=O) groups excluding carboxylic acids is 2. The van der Waals surface area contributed by atoms with Crippen LogP contribution in [0.3, 0.4) is 0 Å². The molecule has 2 aromatic rings. The predicted octanol–water partition coefficient (Wildman–Crippen LogP) is 3.34. The first-order valence-corrected chi connectivity index (χ1v) is 9.47. The maximum Gasteiger partial charge on any atom is 0.255 e. The van der Waals surface area contributed by atoms with Gasteiger partial charge in [0.05, 0.1) is 12.2 Å². The van der Waals surface area contributed by atoms with Crippen LogP contribution in [0.5, 0.6) is 5.75 Å². The molecule has 150 valence electrons. The van der Waals surface area contributed by atoms with Crippen LogP contribution in [-0.2, 0) is 11.2 Å². The van der Waals surface area contributed by atoms with E-state index in [9.17, 15) is 14.0 Å². The Hall–Kier alpha value is -2.89. The first kappa shape index (κ1) is 21.4. The maximum atomic E-state index is 13.7. The molecular weight excluding hydrogens is 359 g/mol. The summed E-state index contributed by atoms with van der Waals surface area (Å²) in [7, 11) is 0. The Morgan fingerprint density at radius 1 is 1.07 bits per heavy atom. The second kappa shape index (κ2) is 10.4. The summed E-state index contributed by atoms with van der Waals surface area (Å²) >= 11 is 0. The second-order valence-electron chi connectivity index (χ2n) is 6.76. The van der Waals surface area contributed by atoms with Gasteiger partial charge in [0, 0.05) is 6.54 Å². The Morgan fingerprint density at radius 2 is 1.75 bits per heavy atom. The van der Waals surface area contributed by atoms with Crippen LogP contribution in [0.2, 0.25) is 0 Å². The summed E-state index contributed by atoms with van der Waals surface area (Å²) in [5.41, 5.74) is 0.924. The highest BCUT2D eigenvalue weighted by molar-refractivity contribution is 5.99. The van der Waals surface area contributed by atoms with Crippen LogP contribution < -0.4 is 15.4 Å². The van der Waals surface area contributed by atoms with Gasteiger partial charge in [-0.15, -0.1) is 0 Å². The Kier molecular flexibility index (Phi) is 7.99. The van der Waals surface area contributed by atoms with E-state index in [0.29, 0.717) is 29.9 Å². The third kappa shape index (κ3) is 5.81. The van der Waals surface area contributed by atoms with E-state index in [4.69, 9.17) is 4.74 Å². The topological polar surface area (TPSA) is 67.4 Å². The fourth-order valence-electron chi connectivity index (χ4n) is 2.82. The number of rotatable bonds is 9. The molecule has 1 atom stereocenters. The molecule has 0 heterocycles. The van der Waals surface area contributed by atoms with Crippen molar-refractivity contribution in [1.29, 1.82) is 0 Å². The van der Waals surface area contributed by atoms with Crippen LogP contribution in [0.1, 0.15) is 36.7 Å². The zero-order chi connectivity index (χ0) is 20.5. The van der Waals surface area contributed by atoms with Gasteiger partial charge in [0.1, 0.15) is 17.6 Å². The molecule has 0 aliphatic heterocycles. The Morgan fingerprint density at radius 3 is 2.43 bits per heavy atom. The van der Waals surface area contributed by atoms with Gasteiger partial charge in [-0.1, -0.05) is 44.2 Å². The normalized spacial score (nSPS) is 11.8. The van der Waals surface area contributed by atoms with Crippen molar-refractivity contribution in [3.8, 4) is 5.75 Å². The molecule has 2 rings (SSSR count). The lowest BCUT2D eigenvalue weighted by Gasteiger charge is -2.22. The number of hydrogen-bond acceptors (Lipinski definition) is 3. The molecule has 2 N–H and O–H groups in total. The first-order valence-electron chi connectivity index (χ1n) is 9.47. The molecule has 0 fully saturated rings. The number of hydrogen-bond donors (Lipinski definition) is 2. The van der Waals surface area contributed by atoms with Crippen LogP contribution in [0.4, 0.5) is 4.39 Å². The Labute approximate surface area is 165 Å². The van der Waals surface area contributed by atoms with E-state index >= 15 is 0 Å². The van der Waals surface area contributed by atoms with Crippen LogP contribution >= 0.6 is 0 Å². The highest BCUT2D eigenvalue weighted by atomic mass is 19.1. The van der Waals surface area contributed by atoms with Crippen molar-refractivity contribution in [2.24, 2.45) is 5.92 Å². The molecule has 0 radical (unpaired) electrons. The summed E-state index contributed by atoms with van der Waals surface area (Å²) in [5, 5.41) is 5.57. The Balaban J connectivity index is 1.99. The van der Waals surface area contributed by atoms with E-state index in [1.807, 2.05) is 20.8 Å². The lowest BCUT2D eigenvalue weighted by Crippen LogP contribution is -2.50. The molecule has 0 aromatic heterocycles. The third-order valence-corrected chi connectivity index (χ3v) is 4.32. The first-order chi connectivity index (χ1) is 13.4. The fraction of sp³-hybridized carbons (Fsp3) is 0.364. The van der Waals surface area contributed by atoms with E-state index in [1.54, 1.807) is 42.5 Å². The van der Waals surface area contributed by atoms with Crippen molar-refractivity contribution >= 4 is 11.8 Å². The summed E-state index contributed by atoms with van der Waals surface area (Å²) in [4.78, 5) is 25.3. The zero-order valence-corrected chi connectivity index (χ0v) is 16.5. The van der Waals surface area contributed by atoms with Crippen LogP contribution in [-0.4, -0.2) is 31.0 Å². The van der Waals surface area contributed by atoms with Gasteiger partial charge in [-0.2, -0.15) is 0 Å². The minimum atomic E-state index is -0.706. The molecule has 0 saturated heterocycles. The van der Waals surface area contributed by atoms with Crippen molar-refractivity contribution in [3.63, 3.8) is 0 Å². The maximum absolute atomic E-state index is 13.7. The van der Waals surface area contributed by atoms with Crippen molar-refractivity contribution in [1.82, 2.24) is 10.6 Å². The quantitative estimate of drug-likeness (QED) is 0.695. The molecule has 2 aromatic carbocycles. The number of para-hydroxylation sites is 1. The third-order valence-electron chi connectivity index (χ3n) is 4.32. The summed E-state index contributed by atoms with van der Waals surface area (Å²) in [6.07, 6.45) is 0.379. The monoisotopic (exact) mass is 386 g/mol. The lowest BCUT2D eigenvalue weighted by molar-refractivity contribution is -0.123. The van der Waals surface area contributed by atoms with Gasteiger partial charge >= 0.3 is 0 Å². The standard InChI is InChI=1S/C22H27FN2O3/c1-4-28-19-12-8-6-10-17(19)21(26)25-20(15(2)3)22(27)24-14-13-16-9-5-7-11-18(16)23/h5-12,15,20H,4,13-14H2,1-3H3,(H,24,27)(H,25,26). The zero-order valence-electron chi connectivity index (χ0n) is 16.5. The molecule has 0 spiro atoms. The van der Waals surface area contributed by atoms with Gasteiger partial charge < -0.3 is 15.4 Å². The van der Waals surface area contributed by atoms with Crippen molar-refractivity contribution < 1.29 is 18.7 Å². The summed E-state index contributed by atoms with van der Waals surface area (Å²) in [6, 6.07) is 12.7. The SMILES string of the molecule is CCOc1ccccc1C(=O)NC(C(=O)NCCc1ccccc1F)C(C)C. The number of halogens is 1. The second-order valence-corrected chi connectivity index (χ2v) is 6.76. The van der Waals surface area contributed by atoms with Gasteiger partial charge in [-0.05, 0) is 43.0 Å². The molecule has 0 aliphatic carbocycles. The Bertz CT molecular complexity index is 808. The van der Waals surface area contributed by atoms with Crippen molar-refractivity contribution in [2.75, 3.05) is 13.2 Å². The summed E-state index contributed by atoms with van der Waals surface area (Å²) < 4.78 is 19.2. The van der Waals surface area contributed by atoms with E-state index in [2.05, 4.69) is 10.6 Å². The van der Waals surface area contributed by atoms with E-state index in [-0.39, 0.29) is 30.1 Å². The number of carbonyl (C=O) groups is 2. The van der Waals surface area contributed by atoms with Crippen molar-refractivity contribution in [3.05, 3.63) is 65.5 Å². The molecule has 2 amide bonds. The van der Waals surface area contributed by atoms with Gasteiger partial charge in [0.2, 0.25) is 5.91 Å². The fourth-order valence-corrected chi connectivity index (χ4v) is 2.82. The highest BCUT2D eigenvalue weighted by Crippen LogP contribution is 2.18. The largest absolute Gasteiger partial charge is 0.493 e. The predicted molar refractivity (Wildman–Crippen MR) is 107 cm³/mol. The molecule has 5 nitrogen and oxygen atoms in total. The van der Waals surface area contributed by atoms with Crippen LogP contribution in [0, 0.1) is 11.7 Å². The number of benzene rings is 2. The van der Waals surface area contributed by atoms with E-state index < -0.39 is 6.04 Å². The smallest absolute Gasteiger partial charge is 0.255 e. The molecule has 1 unspecified atom stereocenters. The van der Waals surface area contributed by atoms with Crippen LogP contribution in [0.15, 0.2) is 48.5 Å². The minimum absolute atomic E-state index is 0.114. The number of nitrogens with one attached hydrogen (secondary N) is 2. The summed E-state index contributed by atoms with van der Waals surface area (Å²) in [5.74, 6) is -0.597. The van der Waals surface area contributed by atoms with E-state index in [1.165, 1.54) is 6.07 Å². The molecule has 6 heteroatoms. The molecule has 28 heavy (non-hydrogen) atoms. The molecule has 0 aliphatic rings. The average molecular weight is 386 g/mol. The van der Waals surface area contributed by atoms with Crippen molar-refractivity contribution in [2.45, 2.75) is 33.2 Å². The average Bonchev–Trinajstić information content (AvgIpc) is 2.67.